The maximum atomic E-state index is 12.9. The molecule has 3 aromatic rings. The average molecular weight is 519 g/mol. The summed E-state index contributed by atoms with van der Waals surface area (Å²) >= 11 is 1.65. The van der Waals surface area contributed by atoms with Crippen LogP contribution in [0, 0.1) is 12.8 Å². The van der Waals surface area contributed by atoms with Gasteiger partial charge in [0.2, 0.25) is 0 Å². The summed E-state index contributed by atoms with van der Waals surface area (Å²) in [6.07, 6.45) is 6.56. The van der Waals surface area contributed by atoms with Crippen LogP contribution in [-0.2, 0) is 11.4 Å². The number of aryl methyl sites for hydroxylation is 1. The van der Waals surface area contributed by atoms with Gasteiger partial charge in [-0.2, -0.15) is 0 Å². The highest BCUT2D eigenvalue weighted by Gasteiger charge is 2.28. The zero-order valence-corrected chi connectivity index (χ0v) is 22.1. The van der Waals surface area contributed by atoms with Crippen molar-refractivity contribution in [1.29, 1.82) is 0 Å². The van der Waals surface area contributed by atoms with E-state index in [-0.39, 0.29) is 11.8 Å². The first-order chi connectivity index (χ1) is 18.0. The fourth-order valence-corrected chi connectivity index (χ4v) is 6.41. The van der Waals surface area contributed by atoms with Crippen LogP contribution in [-0.4, -0.2) is 40.0 Å². The molecule has 0 unspecified atom stereocenters. The van der Waals surface area contributed by atoms with Crippen molar-refractivity contribution in [3.05, 3.63) is 69.5 Å². The van der Waals surface area contributed by atoms with E-state index in [1.165, 1.54) is 6.42 Å². The highest BCUT2D eigenvalue weighted by atomic mass is 32.1. The molecule has 2 aliphatic rings. The summed E-state index contributed by atoms with van der Waals surface area (Å²) in [4.78, 5) is 31.0. The second-order valence-corrected chi connectivity index (χ2v) is 11.1. The monoisotopic (exact) mass is 518 g/mol. The van der Waals surface area contributed by atoms with Gasteiger partial charge in [-0.1, -0.05) is 18.2 Å². The molecule has 6 nitrogen and oxygen atoms in total. The number of rotatable bonds is 7. The average Bonchev–Trinajstić information content (AvgIpc) is 3.43. The summed E-state index contributed by atoms with van der Waals surface area (Å²) in [6.45, 7) is 4.14. The Balaban J connectivity index is 1.25. The van der Waals surface area contributed by atoms with Crippen LogP contribution < -0.4 is 4.74 Å². The number of nitrogens with zero attached hydrogens (tertiary/aromatic N) is 2. The zero-order valence-electron chi connectivity index (χ0n) is 21.3. The molecule has 2 aromatic carbocycles. The Morgan fingerprint density at radius 1 is 1.05 bits per heavy atom. The van der Waals surface area contributed by atoms with Gasteiger partial charge in [0.25, 0.3) is 5.91 Å². The Morgan fingerprint density at radius 3 is 2.54 bits per heavy atom. The van der Waals surface area contributed by atoms with E-state index in [9.17, 15) is 14.7 Å². The SMILES string of the molecule is Cc1cc(C(=O)N2CCCCC2)ccc1COc1ccccc1-c1csc([C@H]2CC[C@H](C(=O)O)CC2)n1. The largest absolute Gasteiger partial charge is 0.488 e. The Kier molecular flexibility index (Phi) is 7.89. The van der Waals surface area contributed by atoms with Crippen molar-refractivity contribution in [3.8, 4) is 17.0 Å². The van der Waals surface area contributed by atoms with Gasteiger partial charge in [-0.3, -0.25) is 9.59 Å². The number of thiazole rings is 1. The fourth-order valence-electron chi connectivity index (χ4n) is 5.42. The van der Waals surface area contributed by atoms with Crippen LogP contribution in [0.25, 0.3) is 11.3 Å². The first kappa shape index (κ1) is 25.5. The van der Waals surface area contributed by atoms with Crippen LogP contribution >= 0.6 is 11.3 Å². The van der Waals surface area contributed by atoms with Gasteiger partial charge >= 0.3 is 5.97 Å². The van der Waals surface area contributed by atoms with Gasteiger partial charge in [0.1, 0.15) is 12.4 Å². The molecule has 0 radical (unpaired) electrons. The molecule has 1 aromatic heterocycles. The molecule has 1 aliphatic carbocycles. The number of carboxylic acids is 1. The third-order valence-electron chi connectivity index (χ3n) is 7.73. The molecule has 1 N–H and O–H groups in total. The Morgan fingerprint density at radius 2 is 1.81 bits per heavy atom. The van der Waals surface area contributed by atoms with Gasteiger partial charge in [0, 0.05) is 35.5 Å². The number of ether oxygens (including phenoxy) is 1. The van der Waals surface area contributed by atoms with E-state index in [2.05, 4.69) is 5.38 Å². The molecule has 2 heterocycles. The lowest BCUT2D eigenvalue weighted by atomic mass is 9.82. The van der Waals surface area contributed by atoms with Gasteiger partial charge < -0.3 is 14.7 Å². The van der Waals surface area contributed by atoms with E-state index in [4.69, 9.17) is 9.72 Å². The molecule has 1 aliphatic heterocycles. The molecule has 0 spiro atoms. The van der Waals surface area contributed by atoms with Gasteiger partial charge in [0.15, 0.2) is 0 Å². The summed E-state index contributed by atoms with van der Waals surface area (Å²) in [5, 5.41) is 12.4. The molecule has 0 bridgehead atoms. The normalized spacial score (nSPS) is 20.0. The Bertz CT molecular complexity index is 1260. The van der Waals surface area contributed by atoms with Crippen LogP contribution in [0.5, 0.6) is 5.75 Å². The number of aliphatic carboxylic acids is 1. The Hall–Kier alpha value is -3.19. The minimum atomic E-state index is -0.678. The van der Waals surface area contributed by atoms with E-state index >= 15 is 0 Å². The topological polar surface area (TPSA) is 79.7 Å². The highest BCUT2D eigenvalue weighted by molar-refractivity contribution is 7.10. The maximum Gasteiger partial charge on any atom is 0.306 e. The summed E-state index contributed by atoms with van der Waals surface area (Å²) in [7, 11) is 0. The van der Waals surface area contributed by atoms with Crippen molar-refractivity contribution in [3.63, 3.8) is 0 Å². The number of piperidine rings is 1. The lowest BCUT2D eigenvalue weighted by molar-refractivity contribution is -0.142. The van der Waals surface area contributed by atoms with Gasteiger partial charge in [-0.25, -0.2) is 4.98 Å². The predicted octanol–water partition coefficient (Wildman–Crippen LogP) is 6.68. The quantitative estimate of drug-likeness (QED) is 0.377. The number of hydrogen-bond donors (Lipinski definition) is 1. The molecule has 1 saturated carbocycles. The number of amides is 1. The predicted molar refractivity (Wildman–Crippen MR) is 145 cm³/mol. The second kappa shape index (κ2) is 11.5. The summed E-state index contributed by atoms with van der Waals surface area (Å²) in [6, 6.07) is 13.9. The summed E-state index contributed by atoms with van der Waals surface area (Å²) in [5.41, 5.74) is 4.71. The van der Waals surface area contributed by atoms with Crippen LogP contribution in [0.3, 0.4) is 0 Å². The molecular formula is C30H34N2O4S. The number of benzene rings is 2. The minimum Gasteiger partial charge on any atom is -0.488 e. The van der Waals surface area contributed by atoms with Crippen molar-refractivity contribution in [2.24, 2.45) is 5.92 Å². The first-order valence-electron chi connectivity index (χ1n) is 13.3. The maximum absolute atomic E-state index is 12.9. The number of para-hydroxylation sites is 1. The minimum absolute atomic E-state index is 0.122. The van der Waals surface area contributed by atoms with Gasteiger partial charge in [-0.05, 0) is 87.3 Å². The second-order valence-electron chi connectivity index (χ2n) is 10.2. The summed E-state index contributed by atoms with van der Waals surface area (Å²) < 4.78 is 6.27. The summed E-state index contributed by atoms with van der Waals surface area (Å²) in [5.74, 6) is 0.336. The smallest absolute Gasteiger partial charge is 0.306 e. The van der Waals surface area contributed by atoms with Crippen LogP contribution in [0.1, 0.15) is 77.4 Å². The molecular weight excluding hydrogens is 484 g/mol. The number of hydrogen-bond acceptors (Lipinski definition) is 5. The van der Waals surface area contributed by atoms with Crippen LogP contribution in [0.15, 0.2) is 47.8 Å². The first-order valence-corrected chi connectivity index (χ1v) is 14.2. The highest BCUT2D eigenvalue weighted by Crippen LogP contribution is 2.39. The van der Waals surface area contributed by atoms with E-state index in [0.717, 1.165) is 90.3 Å². The number of carbonyl (C=O) groups is 2. The number of carboxylic acid groups (broad SMARTS) is 1. The molecule has 5 rings (SSSR count). The number of aromatic nitrogens is 1. The molecule has 0 atom stereocenters. The van der Waals surface area contributed by atoms with Gasteiger partial charge in [-0.15, -0.1) is 11.3 Å². The van der Waals surface area contributed by atoms with Crippen molar-refractivity contribution >= 4 is 23.2 Å². The van der Waals surface area contributed by atoms with Gasteiger partial charge in [0.05, 0.1) is 16.6 Å². The van der Waals surface area contributed by atoms with Crippen molar-refractivity contribution in [2.45, 2.75) is 64.4 Å². The molecule has 1 saturated heterocycles. The third-order valence-corrected chi connectivity index (χ3v) is 8.73. The van der Waals surface area contributed by atoms with Crippen LogP contribution in [0.2, 0.25) is 0 Å². The third kappa shape index (κ3) is 5.87. The van der Waals surface area contributed by atoms with E-state index in [1.54, 1.807) is 11.3 Å². The lowest BCUT2D eigenvalue weighted by Gasteiger charge is -2.27. The lowest BCUT2D eigenvalue weighted by Crippen LogP contribution is -2.35. The number of carbonyl (C=O) groups excluding carboxylic acids is 1. The van der Waals surface area contributed by atoms with Crippen molar-refractivity contribution < 1.29 is 19.4 Å². The molecule has 194 valence electrons. The van der Waals surface area contributed by atoms with E-state index < -0.39 is 5.97 Å². The molecule has 1 amide bonds. The zero-order chi connectivity index (χ0) is 25.8. The van der Waals surface area contributed by atoms with Crippen molar-refractivity contribution in [2.75, 3.05) is 13.1 Å². The standard InChI is InChI=1S/C30H34N2O4S/c1-20-17-23(29(33)32-15-5-2-6-16-32)13-14-24(20)18-36-27-8-4-3-7-25(27)26-19-37-28(31-26)21-9-11-22(12-10-21)30(34)35/h3-4,7-8,13-14,17,19,21-22H,2,5-6,9-12,15-16,18H2,1H3,(H,34,35)/t21-,22-. The fraction of sp³-hybridized carbons (Fsp3) is 0.433. The molecule has 2 fully saturated rings. The Labute approximate surface area is 222 Å². The van der Waals surface area contributed by atoms with E-state index in [0.29, 0.717) is 12.5 Å². The van der Waals surface area contributed by atoms with E-state index in [1.807, 2.05) is 54.3 Å². The molecule has 7 heteroatoms. The number of likely N-dealkylation sites (tertiary alicyclic amines) is 1. The van der Waals surface area contributed by atoms with Crippen molar-refractivity contribution in [1.82, 2.24) is 9.88 Å². The van der Waals surface area contributed by atoms with Crippen LogP contribution in [0.4, 0.5) is 0 Å². The molecule has 37 heavy (non-hydrogen) atoms.